The normalized spacial score (nSPS) is 16.3. The van der Waals surface area contributed by atoms with Crippen LogP contribution < -0.4 is 10.2 Å². The van der Waals surface area contributed by atoms with Gasteiger partial charge >= 0.3 is 0 Å². The lowest BCUT2D eigenvalue weighted by Crippen LogP contribution is -2.41. The van der Waals surface area contributed by atoms with Crippen molar-refractivity contribution in [3.63, 3.8) is 0 Å². The van der Waals surface area contributed by atoms with Gasteiger partial charge in [0.1, 0.15) is 5.25 Å². The summed E-state index contributed by atoms with van der Waals surface area (Å²) in [5.41, 5.74) is 2.32. The van der Waals surface area contributed by atoms with E-state index in [1.807, 2.05) is 61.6 Å². The first kappa shape index (κ1) is 21.7. The molecular weight excluding hydrogens is 432 g/mol. The maximum atomic E-state index is 13.9. The van der Waals surface area contributed by atoms with E-state index in [9.17, 15) is 8.42 Å². The van der Waals surface area contributed by atoms with Crippen molar-refractivity contribution in [2.24, 2.45) is 0 Å². The molecule has 1 N–H and O–H groups in total. The molecule has 1 saturated heterocycles. The molecule has 0 amide bonds. The van der Waals surface area contributed by atoms with Crippen LogP contribution in [-0.2, 0) is 10.0 Å². The zero-order valence-corrected chi connectivity index (χ0v) is 19.5. The van der Waals surface area contributed by atoms with E-state index in [0.717, 1.165) is 47.8 Å². The SMILES string of the molecule is C=CC(c1cccc2ccccc12)S(=O)(=O)n1ncc2ccc(N3CCC(NC)CC3)cc21. The van der Waals surface area contributed by atoms with Gasteiger partial charge in [-0.1, -0.05) is 48.5 Å². The Bertz CT molecular complexity index is 1410. The molecule has 1 aliphatic heterocycles. The second-order valence-electron chi connectivity index (χ2n) is 8.55. The fourth-order valence-electron chi connectivity index (χ4n) is 4.82. The lowest BCUT2D eigenvalue weighted by atomic mass is 10.0. The number of hydrogen-bond donors (Lipinski definition) is 1. The number of piperidine rings is 1. The van der Waals surface area contributed by atoms with Gasteiger partial charge in [0.25, 0.3) is 10.0 Å². The first-order valence-electron chi connectivity index (χ1n) is 11.3. The van der Waals surface area contributed by atoms with Crippen LogP contribution in [0.15, 0.2) is 79.5 Å². The summed E-state index contributed by atoms with van der Waals surface area (Å²) >= 11 is 0. The van der Waals surface area contributed by atoms with Crippen molar-refractivity contribution >= 4 is 37.4 Å². The highest BCUT2D eigenvalue weighted by Crippen LogP contribution is 2.34. The standard InChI is InChI=1S/C26H28N4O2S/c1-3-26(24-10-6-8-19-7-4-5-9-23(19)24)33(31,32)30-25-17-22(12-11-20(25)18-28-30)29-15-13-21(27-2)14-16-29/h3-12,17-18,21,26-27H,1,13-16H2,2H3. The second kappa shape index (κ2) is 8.65. The summed E-state index contributed by atoms with van der Waals surface area (Å²) in [6.07, 6.45) is 5.24. The monoisotopic (exact) mass is 460 g/mol. The number of fused-ring (bicyclic) bond motifs is 2. The molecule has 4 aromatic rings. The van der Waals surface area contributed by atoms with Gasteiger partial charge < -0.3 is 10.2 Å². The molecule has 0 bridgehead atoms. The zero-order valence-electron chi connectivity index (χ0n) is 18.7. The first-order valence-corrected chi connectivity index (χ1v) is 12.8. The molecule has 2 heterocycles. The second-order valence-corrected chi connectivity index (χ2v) is 10.4. The van der Waals surface area contributed by atoms with Crippen molar-refractivity contribution in [1.29, 1.82) is 0 Å². The van der Waals surface area contributed by atoms with Gasteiger partial charge in [-0.3, -0.25) is 0 Å². The molecule has 7 heteroatoms. The summed E-state index contributed by atoms with van der Waals surface area (Å²) < 4.78 is 28.9. The molecule has 1 unspecified atom stereocenters. The van der Waals surface area contributed by atoms with E-state index in [-0.39, 0.29) is 0 Å². The molecule has 3 aromatic carbocycles. The molecule has 170 valence electrons. The topological polar surface area (TPSA) is 67.2 Å². The van der Waals surface area contributed by atoms with E-state index in [1.165, 1.54) is 10.2 Å². The summed E-state index contributed by atoms with van der Waals surface area (Å²) in [7, 11) is -1.88. The third-order valence-electron chi connectivity index (χ3n) is 6.70. The van der Waals surface area contributed by atoms with Crippen LogP contribution in [0.4, 0.5) is 5.69 Å². The number of aromatic nitrogens is 2. The molecule has 1 aromatic heterocycles. The van der Waals surface area contributed by atoms with Crippen molar-refractivity contribution < 1.29 is 8.42 Å². The number of rotatable bonds is 6. The van der Waals surface area contributed by atoms with Crippen molar-refractivity contribution in [1.82, 2.24) is 14.5 Å². The fraction of sp³-hybridized carbons (Fsp3) is 0.269. The van der Waals surface area contributed by atoms with Crippen LogP contribution in [0.2, 0.25) is 0 Å². The maximum Gasteiger partial charge on any atom is 0.265 e. The smallest absolute Gasteiger partial charge is 0.265 e. The van der Waals surface area contributed by atoms with Crippen molar-refractivity contribution in [2.45, 2.75) is 24.1 Å². The maximum absolute atomic E-state index is 13.9. The van der Waals surface area contributed by atoms with Gasteiger partial charge in [-0.15, -0.1) is 6.58 Å². The molecule has 0 aliphatic carbocycles. The predicted octanol–water partition coefficient (Wildman–Crippen LogP) is 4.48. The highest BCUT2D eigenvalue weighted by molar-refractivity contribution is 7.90. The number of nitrogens with zero attached hydrogens (tertiary/aromatic N) is 3. The number of anilines is 1. The summed E-state index contributed by atoms with van der Waals surface area (Å²) in [5.74, 6) is 0. The van der Waals surface area contributed by atoms with Crippen LogP contribution in [0.5, 0.6) is 0 Å². The Kier molecular flexibility index (Phi) is 5.68. The van der Waals surface area contributed by atoms with E-state index >= 15 is 0 Å². The van der Waals surface area contributed by atoms with Gasteiger partial charge in [-0.05, 0) is 54.4 Å². The summed E-state index contributed by atoms with van der Waals surface area (Å²) in [6.45, 7) is 5.74. The minimum absolute atomic E-state index is 0.532. The predicted molar refractivity (Wildman–Crippen MR) is 135 cm³/mol. The number of hydrogen-bond acceptors (Lipinski definition) is 5. The van der Waals surface area contributed by atoms with E-state index < -0.39 is 15.3 Å². The molecule has 1 aliphatic rings. The van der Waals surface area contributed by atoms with E-state index in [0.29, 0.717) is 17.1 Å². The van der Waals surface area contributed by atoms with Crippen molar-refractivity contribution in [3.8, 4) is 0 Å². The van der Waals surface area contributed by atoms with Crippen molar-refractivity contribution in [3.05, 3.63) is 85.1 Å². The van der Waals surface area contributed by atoms with Crippen LogP contribution in [0, 0.1) is 0 Å². The number of nitrogens with one attached hydrogen (secondary N) is 1. The summed E-state index contributed by atoms with van der Waals surface area (Å²) in [6, 6.07) is 20.0. The van der Waals surface area contributed by atoms with E-state index in [4.69, 9.17) is 0 Å². The Balaban J connectivity index is 1.56. The van der Waals surface area contributed by atoms with Gasteiger partial charge in [0.05, 0.1) is 11.7 Å². The Labute approximate surface area is 194 Å². The van der Waals surface area contributed by atoms with Gasteiger partial charge in [-0.25, -0.2) is 8.42 Å². The molecule has 1 atom stereocenters. The Morgan fingerprint density at radius 3 is 2.58 bits per heavy atom. The average Bonchev–Trinajstić information content (AvgIpc) is 3.29. The summed E-state index contributed by atoms with van der Waals surface area (Å²) in [4.78, 5) is 2.31. The number of benzene rings is 3. The van der Waals surface area contributed by atoms with Crippen LogP contribution in [0.25, 0.3) is 21.7 Å². The van der Waals surface area contributed by atoms with E-state index in [2.05, 4.69) is 28.0 Å². The lowest BCUT2D eigenvalue weighted by Gasteiger charge is -2.33. The van der Waals surface area contributed by atoms with Gasteiger partial charge in [0.2, 0.25) is 0 Å². The average molecular weight is 461 g/mol. The van der Waals surface area contributed by atoms with Crippen LogP contribution in [-0.4, -0.2) is 43.8 Å². The van der Waals surface area contributed by atoms with Crippen molar-refractivity contribution in [2.75, 3.05) is 25.0 Å². The molecule has 0 spiro atoms. The highest BCUT2D eigenvalue weighted by Gasteiger charge is 2.30. The fourth-order valence-corrected chi connectivity index (χ4v) is 6.42. The third-order valence-corrected chi connectivity index (χ3v) is 8.56. The van der Waals surface area contributed by atoms with E-state index in [1.54, 1.807) is 6.20 Å². The Hall–Kier alpha value is -3.16. The van der Waals surface area contributed by atoms with Crippen LogP contribution in [0.1, 0.15) is 23.7 Å². The molecule has 0 radical (unpaired) electrons. The van der Waals surface area contributed by atoms with Crippen LogP contribution in [0.3, 0.4) is 0 Å². The molecule has 33 heavy (non-hydrogen) atoms. The third kappa shape index (κ3) is 3.81. The van der Waals surface area contributed by atoms with Gasteiger partial charge in [0.15, 0.2) is 0 Å². The zero-order chi connectivity index (χ0) is 23.0. The molecule has 6 nitrogen and oxygen atoms in total. The largest absolute Gasteiger partial charge is 0.371 e. The quantitative estimate of drug-likeness (QED) is 0.430. The summed E-state index contributed by atoms with van der Waals surface area (Å²) in [5, 5.41) is 9.43. The minimum atomic E-state index is -3.88. The lowest BCUT2D eigenvalue weighted by molar-refractivity contribution is 0.442. The van der Waals surface area contributed by atoms with Gasteiger partial charge in [-0.2, -0.15) is 9.19 Å². The molecule has 0 saturated carbocycles. The Morgan fingerprint density at radius 1 is 1.06 bits per heavy atom. The minimum Gasteiger partial charge on any atom is -0.371 e. The Morgan fingerprint density at radius 2 is 1.82 bits per heavy atom. The molecular formula is C26H28N4O2S. The van der Waals surface area contributed by atoms with Crippen LogP contribution >= 0.6 is 0 Å². The first-order chi connectivity index (χ1) is 16.0. The molecule has 1 fully saturated rings. The highest BCUT2D eigenvalue weighted by atomic mass is 32.2. The van der Waals surface area contributed by atoms with Gasteiger partial charge in [0, 0.05) is 30.2 Å². The molecule has 5 rings (SSSR count).